The highest BCUT2D eigenvalue weighted by molar-refractivity contribution is 8.00. The molecule has 1 saturated carbocycles. The van der Waals surface area contributed by atoms with Gasteiger partial charge in [-0.2, -0.15) is 5.10 Å². The second-order valence-electron chi connectivity index (χ2n) is 5.20. The predicted octanol–water partition coefficient (Wildman–Crippen LogP) is 1.80. The van der Waals surface area contributed by atoms with E-state index in [1.165, 1.54) is 4.90 Å². The fourth-order valence-electron chi connectivity index (χ4n) is 2.58. The summed E-state index contributed by atoms with van der Waals surface area (Å²) in [5.74, 6) is 0. The fourth-order valence-corrected chi connectivity index (χ4v) is 3.92. The van der Waals surface area contributed by atoms with Crippen molar-refractivity contribution in [1.82, 2.24) is 15.1 Å². The lowest BCUT2D eigenvalue weighted by Gasteiger charge is -2.28. The molecule has 0 amide bonds. The number of aliphatic hydroxyl groups excluding tert-OH is 1. The molecule has 2 unspecified atom stereocenters. The van der Waals surface area contributed by atoms with Crippen LogP contribution in [0.2, 0.25) is 0 Å². The number of aromatic nitrogens is 2. The molecule has 0 spiro atoms. The largest absolute Gasteiger partial charge is 0.394 e. The Kier molecular flexibility index (Phi) is 4.70. The predicted molar refractivity (Wildman–Crippen MR) is 74.8 cm³/mol. The number of aryl methyl sites for hydroxylation is 1. The third-order valence-corrected chi connectivity index (χ3v) is 4.82. The normalized spacial score (nSPS) is 27.8. The molecule has 0 aromatic carbocycles. The van der Waals surface area contributed by atoms with Gasteiger partial charge in [-0.3, -0.25) is 4.68 Å². The van der Waals surface area contributed by atoms with E-state index < -0.39 is 0 Å². The Hall–Kier alpha value is -0.520. The van der Waals surface area contributed by atoms with Crippen LogP contribution in [0.25, 0.3) is 0 Å². The average molecular weight is 269 g/mol. The van der Waals surface area contributed by atoms with Crippen LogP contribution in [0.5, 0.6) is 0 Å². The molecule has 4 nitrogen and oxygen atoms in total. The van der Waals surface area contributed by atoms with Crippen LogP contribution in [0.15, 0.2) is 17.3 Å². The summed E-state index contributed by atoms with van der Waals surface area (Å²) in [6.45, 7) is 3.40. The summed E-state index contributed by atoms with van der Waals surface area (Å²) in [4.78, 5) is 1.23. The van der Waals surface area contributed by atoms with Crippen LogP contribution < -0.4 is 5.32 Å². The van der Waals surface area contributed by atoms with Crippen molar-refractivity contribution in [2.24, 2.45) is 7.05 Å². The summed E-state index contributed by atoms with van der Waals surface area (Å²) >= 11 is 1.89. The molecule has 0 bridgehead atoms. The molecule has 1 fully saturated rings. The first kappa shape index (κ1) is 13.9. The second-order valence-corrected chi connectivity index (χ2v) is 6.57. The number of nitrogens with zero attached hydrogens (tertiary/aromatic N) is 2. The molecular formula is C13H23N3OS. The molecule has 1 aliphatic rings. The summed E-state index contributed by atoms with van der Waals surface area (Å²) in [5.41, 5.74) is -0.0457. The molecule has 2 rings (SSSR count). The number of hydrogen-bond acceptors (Lipinski definition) is 4. The summed E-state index contributed by atoms with van der Waals surface area (Å²) in [5, 5.41) is 18.0. The van der Waals surface area contributed by atoms with E-state index in [4.69, 9.17) is 0 Å². The minimum Gasteiger partial charge on any atom is -0.394 e. The Morgan fingerprint density at radius 1 is 1.67 bits per heavy atom. The monoisotopic (exact) mass is 269 g/mol. The van der Waals surface area contributed by atoms with E-state index >= 15 is 0 Å². The van der Waals surface area contributed by atoms with Crippen LogP contribution >= 0.6 is 11.8 Å². The number of rotatable bonds is 6. The van der Waals surface area contributed by atoms with Gasteiger partial charge in [0.25, 0.3) is 0 Å². The maximum atomic E-state index is 9.64. The van der Waals surface area contributed by atoms with Crippen LogP contribution in [0.4, 0.5) is 0 Å². The van der Waals surface area contributed by atoms with Crippen molar-refractivity contribution >= 4 is 11.8 Å². The van der Waals surface area contributed by atoms with Crippen LogP contribution in [0.1, 0.15) is 32.6 Å². The van der Waals surface area contributed by atoms with Crippen LogP contribution in [-0.2, 0) is 7.05 Å². The quantitative estimate of drug-likeness (QED) is 0.827. The Labute approximate surface area is 113 Å². The molecule has 0 radical (unpaired) electrons. The number of hydrogen-bond donors (Lipinski definition) is 2. The van der Waals surface area contributed by atoms with Crippen molar-refractivity contribution in [2.75, 3.05) is 13.2 Å². The second kappa shape index (κ2) is 6.08. The lowest BCUT2D eigenvalue weighted by molar-refractivity contribution is 0.165. The van der Waals surface area contributed by atoms with Gasteiger partial charge in [0, 0.05) is 28.9 Å². The van der Waals surface area contributed by atoms with Crippen molar-refractivity contribution < 1.29 is 5.11 Å². The molecule has 1 aromatic rings. The highest BCUT2D eigenvalue weighted by Crippen LogP contribution is 2.39. The van der Waals surface area contributed by atoms with Gasteiger partial charge in [-0.05, 0) is 32.2 Å². The maximum Gasteiger partial charge on any atom is 0.0625 e. The van der Waals surface area contributed by atoms with E-state index in [0.29, 0.717) is 5.25 Å². The first-order valence-electron chi connectivity index (χ1n) is 6.68. The van der Waals surface area contributed by atoms with Crippen molar-refractivity contribution in [3.8, 4) is 0 Å². The molecule has 1 aromatic heterocycles. The van der Waals surface area contributed by atoms with Gasteiger partial charge >= 0.3 is 0 Å². The summed E-state index contributed by atoms with van der Waals surface area (Å²) < 4.78 is 1.84. The molecule has 2 N–H and O–H groups in total. The summed E-state index contributed by atoms with van der Waals surface area (Å²) in [6, 6.07) is 0. The SMILES string of the molecule is CCCNC1(CO)CCC(Sc2cnn(C)c2)C1. The van der Waals surface area contributed by atoms with Crippen LogP contribution in [0, 0.1) is 0 Å². The zero-order valence-corrected chi connectivity index (χ0v) is 12.0. The number of aliphatic hydroxyl groups is 1. The molecule has 0 saturated heterocycles. The Morgan fingerprint density at radius 2 is 2.50 bits per heavy atom. The average Bonchev–Trinajstić information content (AvgIpc) is 2.95. The number of thioether (sulfide) groups is 1. The van der Waals surface area contributed by atoms with Gasteiger partial charge in [0.2, 0.25) is 0 Å². The molecule has 1 aliphatic carbocycles. The zero-order valence-electron chi connectivity index (χ0n) is 11.2. The van der Waals surface area contributed by atoms with Gasteiger partial charge in [-0.1, -0.05) is 6.92 Å². The topological polar surface area (TPSA) is 50.1 Å². The van der Waals surface area contributed by atoms with Crippen molar-refractivity contribution in [3.05, 3.63) is 12.4 Å². The first-order valence-corrected chi connectivity index (χ1v) is 7.56. The van der Waals surface area contributed by atoms with Gasteiger partial charge in [0.15, 0.2) is 0 Å². The molecule has 5 heteroatoms. The minimum atomic E-state index is -0.0457. The number of nitrogens with one attached hydrogen (secondary N) is 1. The van der Waals surface area contributed by atoms with Gasteiger partial charge in [0.05, 0.1) is 12.8 Å². The van der Waals surface area contributed by atoms with E-state index in [-0.39, 0.29) is 12.1 Å². The molecule has 18 heavy (non-hydrogen) atoms. The van der Waals surface area contributed by atoms with Crippen LogP contribution in [0.3, 0.4) is 0 Å². The third-order valence-electron chi connectivity index (χ3n) is 3.60. The fraction of sp³-hybridized carbons (Fsp3) is 0.769. The maximum absolute atomic E-state index is 9.64. The van der Waals surface area contributed by atoms with E-state index in [2.05, 4.69) is 23.5 Å². The lowest BCUT2D eigenvalue weighted by atomic mass is 9.99. The van der Waals surface area contributed by atoms with Gasteiger partial charge in [-0.15, -0.1) is 11.8 Å². The molecule has 0 aliphatic heterocycles. The van der Waals surface area contributed by atoms with Gasteiger partial charge < -0.3 is 10.4 Å². The zero-order chi connectivity index (χ0) is 13.0. The lowest BCUT2D eigenvalue weighted by Crippen LogP contribution is -2.46. The van der Waals surface area contributed by atoms with Gasteiger partial charge in [-0.25, -0.2) is 0 Å². The third kappa shape index (κ3) is 3.28. The summed E-state index contributed by atoms with van der Waals surface area (Å²) in [6.07, 6.45) is 8.37. The van der Waals surface area contributed by atoms with E-state index in [9.17, 15) is 5.11 Å². The van der Waals surface area contributed by atoms with E-state index in [1.54, 1.807) is 0 Å². The summed E-state index contributed by atoms with van der Waals surface area (Å²) in [7, 11) is 1.94. The molecule has 1 heterocycles. The Balaban J connectivity index is 1.90. The minimum absolute atomic E-state index is 0.0457. The standard InChI is InChI=1S/C13H23N3OS/c1-3-6-14-13(10-17)5-4-11(7-13)18-12-8-15-16(2)9-12/h8-9,11,14,17H,3-7,10H2,1-2H3. The molecule has 2 atom stereocenters. The van der Waals surface area contributed by atoms with Crippen molar-refractivity contribution in [2.45, 2.75) is 48.3 Å². The first-order chi connectivity index (χ1) is 8.67. The van der Waals surface area contributed by atoms with Crippen LogP contribution in [-0.4, -0.2) is 38.8 Å². The van der Waals surface area contributed by atoms with Gasteiger partial charge in [0.1, 0.15) is 0 Å². The van der Waals surface area contributed by atoms with E-state index in [1.807, 2.05) is 29.7 Å². The van der Waals surface area contributed by atoms with Crippen molar-refractivity contribution in [3.63, 3.8) is 0 Å². The molecule has 102 valence electrons. The molecular weight excluding hydrogens is 246 g/mol. The Morgan fingerprint density at radius 3 is 3.11 bits per heavy atom. The van der Waals surface area contributed by atoms with E-state index in [0.717, 1.165) is 32.2 Å². The van der Waals surface area contributed by atoms with Crippen molar-refractivity contribution in [1.29, 1.82) is 0 Å². The Bertz CT molecular complexity index is 382. The highest BCUT2D eigenvalue weighted by atomic mass is 32.2. The smallest absolute Gasteiger partial charge is 0.0625 e. The highest BCUT2D eigenvalue weighted by Gasteiger charge is 2.38.